The molecule has 2 heterocycles. The van der Waals surface area contributed by atoms with Gasteiger partial charge in [0.2, 0.25) is 0 Å². The molecule has 1 saturated heterocycles. The zero-order chi connectivity index (χ0) is 16.8. The Morgan fingerprint density at radius 2 is 1.83 bits per heavy atom. The van der Waals surface area contributed by atoms with Crippen LogP contribution in [0.25, 0.3) is 0 Å². The second-order valence-electron chi connectivity index (χ2n) is 5.95. The van der Waals surface area contributed by atoms with Crippen LogP contribution in [0.1, 0.15) is 35.3 Å². The quantitative estimate of drug-likeness (QED) is 0.852. The van der Waals surface area contributed by atoms with Gasteiger partial charge in [-0.15, -0.1) is 10.2 Å². The number of carbonyl (C=O) groups is 1. The predicted molar refractivity (Wildman–Crippen MR) is 92.2 cm³/mol. The topological polar surface area (TPSA) is 67.3 Å². The lowest BCUT2D eigenvalue weighted by Crippen LogP contribution is -2.29. The first kappa shape index (κ1) is 16.4. The van der Waals surface area contributed by atoms with E-state index in [4.69, 9.17) is 0 Å². The van der Waals surface area contributed by atoms with E-state index in [1.165, 1.54) is 45.0 Å². The first-order valence-electron chi connectivity index (χ1n) is 8.25. The van der Waals surface area contributed by atoms with Crippen molar-refractivity contribution >= 4 is 17.5 Å². The van der Waals surface area contributed by atoms with Gasteiger partial charge in [0.1, 0.15) is 0 Å². The molecule has 24 heavy (non-hydrogen) atoms. The molecule has 1 fully saturated rings. The number of ether oxygens (including phenoxy) is 1. The van der Waals surface area contributed by atoms with Crippen LogP contribution in [0.5, 0.6) is 0 Å². The number of likely N-dealkylation sites (tertiary alicyclic amines) is 1. The molecule has 0 radical (unpaired) electrons. The van der Waals surface area contributed by atoms with E-state index in [0.29, 0.717) is 5.82 Å². The van der Waals surface area contributed by atoms with E-state index in [0.717, 1.165) is 12.2 Å². The summed E-state index contributed by atoms with van der Waals surface area (Å²) < 4.78 is 4.60. The summed E-state index contributed by atoms with van der Waals surface area (Å²) in [5.74, 6) is 0.0996. The molecule has 0 spiro atoms. The molecule has 1 aliphatic heterocycles. The van der Waals surface area contributed by atoms with Gasteiger partial charge in [0.25, 0.3) is 0 Å². The third-order valence-corrected chi connectivity index (χ3v) is 4.14. The highest BCUT2D eigenvalue weighted by Gasteiger charge is 2.10. The lowest BCUT2D eigenvalue weighted by Gasteiger charge is -2.26. The monoisotopic (exact) mass is 326 g/mol. The minimum Gasteiger partial charge on any atom is -0.464 e. The number of piperidine rings is 1. The van der Waals surface area contributed by atoms with Crippen LogP contribution in [0.2, 0.25) is 0 Å². The molecule has 2 aromatic rings. The maximum atomic E-state index is 11.3. The minimum absolute atomic E-state index is 0.194. The molecule has 1 N–H and O–H groups in total. The first-order valence-corrected chi connectivity index (χ1v) is 8.25. The van der Waals surface area contributed by atoms with E-state index >= 15 is 0 Å². The highest BCUT2D eigenvalue weighted by molar-refractivity contribution is 5.87. The zero-order valence-electron chi connectivity index (χ0n) is 13.9. The van der Waals surface area contributed by atoms with Gasteiger partial charge >= 0.3 is 5.97 Å². The van der Waals surface area contributed by atoms with E-state index in [1.807, 2.05) is 12.1 Å². The van der Waals surface area contributed by atoms with Gasteiger partial charge in [-0.1, -0.05) is 18.6 Å². The van der Waals surface area contributed by atoms with Gasteiger partial charge in [0.05, 0.1) is 7.11 Å². The maximum absolute atomic E-state index is 11.3. The van der Waals surface area contributed by atoms with Crippen molar-refractivity contribution in [2.24, 2.45) is 0 Å². The van der Waals surface area contributed by atoms with Crippen molar-refractivity contribution in [3.05, 3.63) is 47.7 Å². The van der Waals surface area contributed by atoms with Gasteiger partial charge in [-0.05, 0) is 55.8 Å². The summed E-state index contributed by atoms with van der Waals surface area (Å²) in [6, 6.07) is 11.6. The highest BCUT2D eigenvalue weighted by Crippen LogP contribution is 2.17. The fourth-order valence-corrected chi connectivity index (χ4v) is 2.83. The number of hydrogen-bond acceptors (Lipinski definition) is 6. The number of nitrogens with zero attached hydrogens (tertiary/aromatic N) is 3. The number of anilines is 2. The van der Waals surface area contributed by atoms with Gasteiger partial charge in [0, 0.05) is 12.2 Å². The Morgan fingerprint density at radius 3 is 2.46 bits per heavy atom. The summed E-state index contributed by atoms with van der Waals surface area (Å²) in [7, 11) is 1.32. The van der Waals surface area contributed by atoms with Crippen molar-refractivity contribution in [2.75, 3.05) is 25.5 Å². The van der Waals surface area contributed by atoms with Crippen LogP contribution in [0.3, 0.4) is 0 Å². The molecule has 0 amide bonds. The van der Waals surface area contributed by atoms with Gasteiger partial charge in [-0.25, -0.2) is 4.79 Å². The number of esters is 1. The Hall–Kier alpha value is -2.47. The summed E-state index contributed by atoms with van der Waals surface area (Å²) in [4.78, 5) is 13.8. The van der Waals surface area contributed by atoms with Crippen molar-refractivity contribution in [2.45, 2.75) is 25.8 Å². The lowest BCUT2D eigenvalue weighted by molar-refractivity contribution is 0.0593. The molecule has 0 saturated carbocycles. The number of hydrogen-bond donors (Lipinski definition) is 1. The molecule has 1 aliphatic rings. The summed E-state index contributed by atoms with van der Waals surface area (Å²) in [6.45, 7) is 3.40. The fraction of sp³-hybridized carbons (Fsp3) is 0.389. The molecule has 1 aromatic carbocycles. The SMILES string of the molecule is COC(=O)c1ccc(Nc2ccc(CN3CCCCC3)cc2)nn1. The molecule has 0 atom stereocenters. The number of aromatic nitrogens is 2. The third kappa shape index (κ3) is 4.29. The van der Waals surface area contributed by atoms with Gasteiger partial charge < -0.3 is 10.1 Å². The zero-order valence-corrected chi connectivity index (χ0v) is 13.9. The van der Waals surface area contributed by atoms with Crippen LogP contribution < -0.4 is 5.32 Å². The summed E-state index contributed by atoms with van der Waals surface area (Å²) in [5.41, 5.74) is 2.45. The second kappa shape index (κ2) is 7.88. The largest absolute Gasteiger partial charge is 0.464 e. The number of methoxy groups -OCH3 is 1. The number of carbonyl (C=O) groups excluding carboxylic acids is 1. The fourth-order valence-electron chi connectivity index (χ4n) is 2.83. The Labute approximate surface area is 141 Å². The van der Waals surface area contributed by atoms with Gasteiger partial charge in [0.15, 0.2) is 11.5 Å². The van der Waals surface area contributed by atoms with Crippen LogP contribution in [0.4, 0.5) is 11.5 Å². The predicted octanol–water partition coefficient (Wildman–Crippen LogP) is 2.99. The van der Waals surface area contributed by atoms with E-state index in [9.17, 15) is 4.79 Å². The standard InChI is InChI=1S/C18H22N4O2/c1-24-18(23)16-9-10-17(21-20-16)19-15-7-5-14(6-8-15)13-22-11-3-2-4-12-22/h5-10H,2-4,11-13H2,1H3,(H,19,21). The Morgan fingerprint density at radius 1 is 1.08 bits per heavy atom. The number of rotatable bonds is 5. The van der Waals surface area contributed by atoms with Crippen LogP contribution in [-0.4, -0.2) is 41.3 Å². The Balaban J connectivity index is 1.58. The molecule has 126 valence electrons. The molecule has 0 unspecified atom stereocenters. The lowest BCUT2D eigenvalue weighted by atomic mass is 10.1. The third-order valence-electron chi connectivity index (χ3n) is 4.14. The van der Waals surface area contributed by atoms with Crippen molar-refractivity contribution in [3.8, 4) is 0 Å². The molecule has 0 aliphatic carbocycles. The average molecular weight is 326 g/mol. The van der Waals surface area contributed by atoms with E-state index in [2.05, 4.69) is 37.3 Å². The molecular weight excluding hydrogens is 304 g/mol. The number of nitrogens with one attached hydrogen (secondary N) is 1. The van der Waals surface area contributed by atoms with Gasteiger partial charge in [-0.2, -0.15) is 0 Å². The summed E-state index contributed by atoms with van der Waals surface area (Å²) in [5, 5.41) is 11.0. The van der Waals surface area contributed by atoms with Crippen LogP contribution >= 0.6 is 0 Å². The minimum atomic E-state index is -0.490. The number of benzene rings is 1. The second-order valence-corrected chi connectivity index (χ2v) is 5.95. The van der Waals surface area contributed by atoms with E-state index in [1.54, 1.807) is 12.1 Å². The van der Waals surface area contributed by atoms with E-state index < -0.39 is 5.97 Å². The van der Waals surface area contributed by atoms with Crippen LogP contribution in [0.15, 0.2) is 36.4 Å². The van der Waals surface area contributed by atoms with Crippen molar-refractivity contribution in [3.63, 3.8) is 0 Å². The molecule has 3 rings (SSSR count). The molecular formula is C18H22N4O2. The smallest absolute Gasteiger partial charge is 0.358 e. The van der Waals surface area contributed by atoms with Crippen molar-refractivity contribution < 1.29 is 9.53 Å². The Bertz CT molecular complexity index is 664. The average Bonchev–Trinajstić information content (AvgIpc) is 2.64. The van der Waals surface area contributed by atoms with Crippen molar-refractivity contribution in [1.29, 1.82) is 0 Å². The summed E-state index contributed by atoms with van der Waals surface area (Å²) in [6.07, 6.45) is 3.97. The Kier molecular flexibility index (Phi) is 5.38. The van der Waals surface area contributed by atoms with Crippen LogP contribution in [0, 0.1) is 0 Å². The molecule has 6 nitrogen and oxygen atoms in total. The van der Waals surface area contributed by atoms with Gasteiger partial charge in [-0.3, -0.25) is 4.90 Å². The van der Waals surface area contributed by atoms with E-state index in [-0.39, 0.29) is 5.69 Å². The van der Waals surface area contributed by atoms with Crippen molar-refractivity contribution in [1.82, 2.24) is 15.1 Å². The molecule has 0 bridgehead atoms. The summed E-state index contributed by atoms with van der Waals surface area (Å²) >= 11 is 0. The first-order chi connectivity index (χ1) is 11.7. The van der Waals surface area contributed by atoms with Crippen LogP contribution in [-0.2, 0) is 11.3 Å². The highest BCUT2D eigenvalue weighted by atomic mass is 16.5. The normalized spacial score (nSPS) is 15.0. The molecule has 1 aromatic heterocycles. The molecule has 6 heteroatoms. The maximum Gasteiger partial charge on any atom is 0.358 e.